The van der Waals surface area contributed by atoms with Crippen LogP contribution >= 0.6 is 0 Å². The highest BCUT2D eigenvalue weighted by atomic mass is 16.5. The Labute approximate surface area is 98.4 Å². The second kappa shape index (κ2) is 5.88. The third-order valence-corrected chi connectivity index (χ3v) is 2.84. The fourth-order valence-corrected chi connectivity index (χ4v) is 1.71. The molecule has 0 N–H and O–H groups in total. The molecular formula is C14H22O2. The summed E-state index contributed by atoms with van der Waals surface area (Å²) in [6, 6.07) is 0. The lowest BCUT2D eigenvalue weighted by atomic mass is 9.90. The standard InChI is InChI=1S/C14H22O2/c1-4-16-13(15)14(2,3)11-10-12-8-6-5-7-9-12/h8,10-11H,4-7,9H2,1-3H3/b11-10+. The van der Waals surface area contributed by atoms with E-state index < -0.39 is 5.41 Å². The van der Waals surface area contributed by atoms with Crippen LogP contribution in [0.15, 0.2) is 23.8 Å². The van der Waals surface area contributed by atoms with Gasteiger partial charge < -0.3 is 4.74 Å². The fraction of sp³-hybridized carbons (Fsp3) is 0.643. The van der Waals surface area contributed by atoms with E-state index >= 15 is 0 Å². The SMILES string of the molecule is CCOC(=O)C(C)(C)/C=C/C1=CCCCC1. The van der Waals surface area contributed by atoms with Crippen LogP contribution in [0.25, 0.3) is 0 Å². The third-order valence-electron chi connectivity index (χ3n) is 2.84. The lowest BCUT2D eigenvalue weighted by molar-refractivity contribution is -0.150. The van der Waals surface area contributed by atoms with Gasteiger partial charge in [-0.05, 0) is 46.5 Å². The summed E-state index contributed by atoms with van der Waals surface area (Å²) < 4.78 is 5.04. The first-order valence-electron chi connectivity index (χ1n) is 6.12. The molecule has 90 valence electrons. The Morgan fingerprint density at radius 1 is 1.50 bits per heavy atom. The Hall–Kier alpha value is -1.05. The summed E-state index contributed by atoms with van der Waals surface area (Å²) in [6.45, 7) is 6.07. The minimum atomic E-state index is -0.520. The summed E-state index contributed by atoms with van der Waals surface area (Å²) in [5.74, 6) is -0.150. The molecule has 2 heteroatoms. The average molecular weight is 222 g/mol. The van der Waals surface area contributed by atoms with E-state index in [1.807, 2.05) is 26.8 Å². The van der Waals surface area contributed by atoms with Crippen molar-refractivity contribution in [1.82, 2.24) is 0 Å². The molecule has 0 bridgehead atoms. The van der Waals surface area contributed by atoms with Crippen molar-refractivity contribution in [2.24, 2.45) is 5.41 Å². The normalized spacial score (nSPS) is 17.3. The number of ether oxygens (including phenoxy) is 1. The topological polar surface area (TPSA) is 26.3 Å². The Bertz CT molecular complexity index is 298. The second-order valence-electron chi connectivity index (χ2n) is 4.80. The molecule has 0 unspecified atom stereocenters. The van der Waals surface area contributed by atoms with Gasteiger partial charge in [0, 0.05) is 0 Å². The summed E-state index contributed by atoms with van der Waals surface area (Å²) in [5.41, 5.74) is 0.831. The Balaban J connectivity index is 2.60. The van der Waals surface area contributed by atoms with Gasteiger partial charge in [-0.1, -0.05) is 23.8 Å². The van der Waals surface area contributed by atoms with Crippen LogP contribution in [0.1, 0.15) is 46.5 Å². The first kappa shape index (κ1) is 13.0. The lowest BCUT2D eigenvalue weighted by Crippen LogP contribution is -2.24. The molecule has 0 aliphatic heterocycles. The highest BCUT2D eigenvalue weighted by Gasteiger charge is 2.25. The average Bonchev–Trinajstić information content (AvgIpc) is 2.28. The number of carbonyl (C=O) groups is 1. The molecule has 0 aromatic heterocycles. The monoisotopic (exact) mass is 222 g/mol. The molecule has 16 heavy (non-hydrogen) atoms. The van der Waals surface area contributed by atoms with E-state index in [-0.39, 0.29) is 5.97 Å². The molecule has 0 radical (unpaired) electrons. The third kappa shape index (κ3) is 3.84. The largest absolute Gasteiger partial charge is 0.465 e. The van der Waals surface area contributed by atoms with Crippen LogP contribution in [0.3, 0.4) is 0 Å². The maximum Gasteiger partial charge on any atom is 0.315 e. The van der Waals surface area contributed by atoms with E-state index in [4.69, 9.17) is 4.74 Å². The van der Waals surface area contributed by atoms with Crippen LogP contribution in [-0.2, 0) is 9.53 Å². The van der Waals surface area contributed by atoms with Gasteiger partial charge in [0.15, 0.2) is 0 Å². The van der Waals surface area contributed by atoms with Crippen LogP contribution < -0.4 is 0 Å². The summed E-state index contributed by atoms with van der Waals surface area (Å²) in [7, 11) is 0. The molecule has 0 aromatic rings. The Morgan fingerprint density at radius 2 is 2.25 bits per heavy atom. The van der Waals surface area contributed by atoms with Gasteiger partial charge >= 0.3 is 5.97 Å². The molecule has 0 amide bonds. The van der Waals surface area contributed by atoms with E-state index in [1.165, 1.54) is 24.8 Å². The van der Waals surface area contributed by atoms with Crippen LogP contribution in [0, 0.1) is 5.41 Å². The predicted octanol–water partition coefficient (Wildman–Crippen LogP) is 3.63. The number of esters is 1. The minimum Gasteiger partial charge on any atom is -0.465 e. The fourth-order valence-electron chi connectivity index (χ4n) is 1.71. The minimum absolute atomic E-state index is 0.150. The maximum absolute atomic E-state index is 11.6. The van der Waals surface area contributed by atoms with Gasteiger partial charge in [-0.3, -0.25) is 4.79 Å². The van der Waals surface area contributed by atoms with E-state index in [0.717, 1.165) is 6.42 Å². The zero-order chi connectivity index (χ0) is 12.0. The van der Waals surface area contributed by atoms with Gasteiger partial charge in [0.05, 0.1) is 12.0 Å². The van der Waals surface area contributed by atoms with Crippen molar-refractivity contribution in [2.45, 2.75) is 46.5 Å². The first-order chi connectivity index (χ1) is 7.56. The predicted molar refractivity (Wildman–Crippen MR) is 66.1 cm³/mol. The number of hydrogen-bond donors (Lipinski definition) is 0. The van der Waals surface area contributed by atoms with Crippen molar-refractivity contribution in [3.63, 3.8) is 0 Å². The van der Waals surface area contributed by atoms with E-state index in [2.05, 4.69) is 12.2 Å². The van der Waals surface area contributed by atoms with Crippen LogP contribution in [0.5, 0.6) is 0 Å². The van der Waals surface area contributed by atoms with Crippen molar-refractivity contribution in [3.8, 4) is 0 Å². The van der Waals surface area contributed by atoms with Gasteiger partial charge in [-0.15, -0.1) is 0 Å². The Kier molecular flexibility index (Phi) is 4.78. The maximum atomic E-state index is 11.6. The zero-order valence-electron chi connectivity index (χ0n) is 10.6. The molecule has 0 aromatic carbocycles. The van der Waals surface area contributed by atoms with Crippen LogP contribution in [0.4, 0.5) is 0 Å². The summed E-state index contributed by atoms with van der Waals surface area (Å²) >= 11 is 0. The van der Waals surface area contributed by atoms with Crippen molar-refractivity contribution in [1.29, 1.82) is 0 Å². The summed E-state index contributed by atoms with van der Waals surface area (Å²) in [4.78, 5) is 11.6. The van der Waals surface area contributed by atoms with Crippen molar-refractivity contribution >= 4 is 5.97 Å². The van der Waals surface area contributed by atoms with Gasteiger partial charge in [-0.25, -0.2) is 0 Å². The smallest absolute Gasteiger partial charge is 0.315 e. The first-order valence-corrected chi connectivity index (χ1v) is 6.12. The summed E-state index contributed by atoms with van der Waals surface area (Å²) in [5, 5.41) is 0. The van der Waals surface area contributed by atoms with Gasteiger partial charge in [-0.2, -0.15) is 0 Å². The lowest BCUT2D eigenvalue weighted by Gasteiger charge is -2.18. The van der Waals surface area contributed by atoms with Gasteiger partial charge in [0.25, 0.3) is 0 Å². The number of rotatable bonds is 4. The number of hydrogen-bond acceptors (Lipinski definition) is 2. The Morgan fingerprint density at radius 3 is 2.81 bits per heavy atom. The molecule has 1 aliphatic rings. The van der Waals surface area contributed by atoms with Crippen molar-refractivity contribution in [2.75, 3.05) is 6.61 Å². The van der Waals surface area contributed by atoms with Gasteiger partial charge in [0.2, 0.25) is 0 Å². The van der Waals surface area contributed by atoms with E-state index in [9.17, 15) is 4.79 Å². The molecule has 1 aliphatic carbocycles. The van der Waals surface area contributed by atoms with Crippen LogP contribution in [-0.4, -0.2) is 12.6 Å². The molecule has 2 nitrogen and oxygen atoms in total. The molecular weight excluding hydrogens is 200 g/mol. The molecule has 1 rings (SSSR count). The highest BCUT2D eigenvalue weighted by molar-refractivity contribution is 5.78. The molecule has 0 atom stereocenters. The molecule has 0 saturated heterocycles. The van der Waals surface area contributed by atoms with Crippen molar-refractivity contribution < 1.29 is 9.53 Å². The quantitative estimate of drug-likeness (QED) is 0.679. The van der Waals surface area contributed by atoms with Crippen LogP contribution in [0.2, 0.25) is 0 Å². The van der Waals surface area contributed by atoms with E-state index in [1.54, 1.807) is 0 Å². The highest BCUT2D eigenvalue weighted by Crippen LogP contribution is 2.23. The molecule has 0 spiro atoms. The zero-order valence-corrected chi connectivity index (χ0v) is 10.6. The molecule has 0 saturated carbocycles. The van der Waals surface area contributed by atoms with Gasteiger partial charge in [0.1, 0.15) is 0 Å². The second-order valence-corrected chi connectivity index (χ2v) is 4.80. The molecule has 0 fully saturated rings. The van der Waals surface area contributed by atoms with E-state index in [0.29, 0.717) is 6.61 Å². The van der Waals surface area contributed by atoms with Crippen molar-refractivity contribution in [3.05, 3.63) is 23.8 Å². The molecule has 0 heterocycles. The summed E-state index contributed by atoms with van der Waals surface area (Å²) in [6.07, 6.45) is 11.2. The number of allylic oxidation sites excluding steroid dienone is 3. The number of carbonyl (C=O) groups excluding carboxylic acids is 1.